The SMILES string of the molecule is c1coc(-c2ccc3cc4cc5[se]c6cc7cc8ccc(-c9ccco9)cc8cc7cc6c5cc4cc3c2)c1. The predicted octanol–water partition coefficient (Wildman–Crippen LogP) is 10.2. The topological polar surface area (TPSA) is 26.3 Å². The monoisotopic (exact) mass is 564 g/mol. The second kappa shape index (κ2) is 7.97. The molecule has 3 aromatic heterocycles. The van der Waals surface area contributed by atoms with Crippen LogP contribution in [0.15, 0.2) is 131 Å². The molecular formula is C36H20O2Se. The third-order valence-corrected chi connectivity index (χ3v) is 10.2. The van der Waals surface area contributed by atoms with E-state index in [1.165, 1.54) is 62.4 Å². The number of rotatable bonds is 2. The van der Waals surface area contributed by atoms with E-state index in [9.17, 15) is 0 Å². The summed E-state index contributed by atoms with van der Waals surface area (Å²) in [6, 6.07) is 40.0. The molecule has 0 N–H and O–H groups in total. The summed E-state index contributed by atoms with van der Waals surface area (Å²) in [4.78, 5) is 0. The summed E-state index contributed by atoms with van der Waals surface area (Å²) in [7, 11) is 0. The Bertz CT molecular complexity index is 2200. The van der Waals surface area contributed by atoms with Crippen molar-refractivity contribution in [2.75, 3.05) is 0 Å². The van der Waals surface area contributed by atoms with Gasteiger partial charge in [0.1, 0.15) is 0 Å². The van der Waals surface area contributed by atoms with E-state index in [4.69, 9.17) is 8.83 Å². The van der Waals surface area contributed by atoms with Crippen LogP contribution >= 0.6 is 0 Å². The van der Waals surface area contributed by atoms with Crippen LogP contribution in [-0.2, 0) is 0 Å². The van der Waals surface area contributed by atoms with Gasteiger partial charge in [-0.3, -0.25) is 0 Å². The molecule has 0 amide bonds. The average molecular weight is 564 g/mol. The molecule has 2 nitrogen and oxygen atoms in total. The maximum atomic E-state index is 5.64. The van der Waals surface area contributed by atoms with E-state index in [0.717, 1.165) is 22.6 Å². The number of hydrogen-bond acceptors (Lipinski definition) is 2. The minimum atomic E-state index is 0.295. The zero-order valence-electron chi connectivity index (χ0n) is 20.8. The normalized spacial score (nSPS) is 12.1. The van der Waals surface area contributed by atoms with Gasteiger partial charge in [0.05, 0.1) is 0 Å². The molecule has 9 rings (SSSR count). The van der Waals surface area contributed by atoms with Gasteiger partial charge in [-0.05, 0) is 0 Å². The number of furan rings is 2. The van der Waals surface area contributed by atoms with Gasteiger partial charge in [0.15, 0.2) is 0 Å². The third kappa shape index (κ3) is 3.34. The van der Waals surface area contributed by atoms with Crippen LogP contribution in [0.3, 0.4) is 0 Å². The van der Waals surface area contributed by atoms with Gasteiger partial charge in [-0.25, -0.2) is 0 Å². The van der Waals surface area contributed by atoms with E-state index in [1.807, 2.05) is 24.3 Å². The molecule has 0 atom stereocenters. The molecule has 0 fully saturated rings. The van der Waals surface area contributed by atoms with Crippen LogP contribution < -0.4 is 0 Å². The van der Waals surface area contributed by atoms with Gasteiger partial charge >= 0.3 is 230 Å². The molecule has 3 heterocycles. The molecular weight excluding hydrogens is 543 g/mol. The van der Waals surface area contributed by atoms with E-state index in [2.05, 4.69) is 84.9 Å². The van der Waals surface area contributed by atoms with E-state index >= 15 is 0 Å². The molecule has 9 aromatic rings. The van der Waals surface area contributed by atoms with Gasteiger partial charge in [0.25, 0.3) is 0 Å². The van der Waals surface area contributed by atoms with Crippen molar-refractivity contribution in [3.8, 4) is 22.6 Å². The van der Waals surface area contributed by atoms with E-state index < -0.39 is 0 Å². The van der Waals surface area contributed by atoms with Crippen LogP contribution in [0.4, 0.5) is 0 Å². The summed E-state index contributed by atoms with van der Waals surface area (Å²) in [6.45, 7) is 0. The standard InChI is InChI=1S/C36H20O2Se/c1-3-33(37-9-1)23-7-5-21-11-29-19-35-31(17-27(29)15-25(21)13-23)32-18-28-16-26-14-24(34-4-2-10-38-34)8-6-22(26)12-30(28)20-36(32)39-35/h1-20H. The average Bonchev–Trinajstić information content (AvgIpc) is 3.74. The molecule has 0 aliphatic carbocycles. The molecule has 0 spiro atoms. The van der Waals surface area contributed by atoms with Crippen molar-refractivity contribution in [3.63, 3.8) is 0 Å². The Morgan fingerprint density at radius 2 is 0.821 bits per heavy atom. The van der Waals surface area contributed by atoms with Crippen molar-refractivity contribution in [2.45, 2.75) is 0 Å². The Morgan fingerprint density at radius 3 is 1.28 bits per heavy atom. The zero-order chi connectivity index (χ0) is 25.5. The van der Waals surface area contributed by atoms with Crippen molar-refractivity contribution in [2.24, 2.45) is 0 Å². The van der Waals surface area contributed by atoms with E-state index in [1.54, 1.807) is 12.5 Å². The van der Waals surface area contributed by atoms with Gasteiger partial charge in [-0.15, -0.1) is 0 Å². The first kappa shape index (κ1) is 21.4. The van der Waals surface area contributed by atoms with Crippen LogP contribution in [0.5, 0.6) is 0 Å². The van der Waals surface area contributed by atoms with E-state index in [0.29, 0.717) is 14.5 Å². The summed E-state index contributed by atoms with van der Waals surface area (Å²) in [5.41, 5.74) is 2.21. The van der Waals surface area contributed by atoms with Crippen LogP contribution in [0.25, 0.3) is 85.0 Å². The summed E-state index contributed by atoms with van der Waals surface area (Å²) in [5, 5.41) is 12.9. The van der Waals surface area contributed by atoms with E-state index in [-0.39, 0.29) is 0 Å². The molecule has 0 aliphatic heterocycles. The Morgan fingerprint density at radius 1 is 0.385 bits per heavy atom. The first-order valence-electron chi connectivity index (χ1n) is 13.0. The first-order chi connectivity index (χ1) is 19.2. The molecule has 0 aliphatic rings. The molecule has 0 bridgehead atoms. The van der Waals surface area contributed by atoms with Crippen LogP contribution in [0.2, 0.25) is 0 Å². The maximum absolute atomic E-state index is 5.64. The van der Waals surface area contributed by atoms with Gasteiger partial charge in [-0.2, -0.15) is 0 Å². The van der Waals surface area contributed by atoms with Crippen LogP contribution in [-0.4, -0.2) is 14.5 Å². The Kier molecular flexibility index (Phi) is 4.37. The molecule has 0 unspecified atom stereocenters. The molecule has 0 radical (unpaired) electrons. The molecule has 0 saturated carbocycles. The van der Waals surface area contributed by atoms with Gasteiger partial charge < -0.3 is 0 Å². The van der Waals surface area contributed by atoms with Crippen molar-refractivity contribution in [1.29, 1.82) is 0 Å². The molecule has 182 valence electrons. The molecule has 6 aromatic carbocycles. The summed E-state index contributed by atoms with van der Waals surface area (Å²) < 4.78 is 14.2. The van der Waals surface area contributed by atoms with Crippen LogP contribution in [0.1, 0.15) is 0 Å². The number of hydrogen-bond donors (Lipinski definition) is 0. The van der Waals surface area contributed by atoms with Gasteiger partial charge in [0, 0.05) is 0 Å². The summed E-state index contributed by atoms with van der Waals surface area (Å²) in [6.07, 6.45) is 3.46. The molecule has 3 heteroatoms. The second-order valence-corrected chi connectivity index (χ2v) is 12.5. The summed E-state index contributed by atoms with van der Waals surface area (Å²) in [5.74, 6) is 1.80. The Hall–Kier alpha value is -4.56. The Labute approximate surface area is 229 Å². The second-order valence-electron chi connectivity index (χ2n) is 10.3. The fraction of sp³-hybridized carbons (Fsp3) is 0. The van der Waals surface area contributed by atoms with Crippen molar-refractivity contribution in [1.82, 2.24) is 0 Å². The van der Waals surface area contributed by atoms with Crippen LogP contribution in [0, 0.1) is 0 Å². The van der Waals surface area contributed by atoms with Gasteiger partial charge in [0.2, 0.25) is 0 Å². The summed E-state index contributed by atoms with van der Waals surface area (Å²) >= 11 is 0.295. The minimum absolute atomic E-state index is 0.295. The number of benzene rings is 6. The quantitative estimate of drug-likeness (QED) is 0.155. The molecule has 39 heavy (non-hydrogen) atoms. The third-order valence-electron chi connectivity index (χ3n) is 7.91. The van der Waals surface area contributed by atoms with Gasteiger partial charge in [-0.1, -0.05) is 0 Å². The fourth-order valence-electron chi connectivity index (χ4n) is 5.96. The molecule has 0 saturated heterocycles. The van der Waals surface area contributed by atoms with Crippen molar-refractivity contribution in [3.05, 3.63) is 122 Å². The Balaban J connectivity index is 1.25. The first-order valence-corrected chi connectivity index (χ1v) is 14.8. The van der Waals surface area contributed by atoms with Crippen molar-refractivity contribution < 1.29 is 8.83 Å². The zero-order valence-corrected chi connectivity index (χ0v) is 22.5. The fourth-order valence-corrected chi connectivity index (χ4v) is 8.40. The predicted molar refractivity (Wildman–Crippen MR) is 164 cm³/mol. The van der Waals surface area contributed by atoms with Crippen molar-refractivity contribution >= 4 is 76.9 Å². The number of fused-ring (bicyclic) bond motifs is 7.